The van der Waals surface area contributed by atoms with Crippen molar-refractivity contribution in [3.8, 4) is 0 Å². The molecule has 2 aromatic rings. The molecule has 4 rings (SSSR count). The Bertz CT molecular complexity index is 981. The van der Waals surface area contributed by atoms with Gasteiger partial charge in [-0.15, -0.1) is 0 Å². The third-order valence-electron chi connectivity index (χ3n) is 7.25. The van der Waals surface area contributed by atoms with Crippen LogP contribution in [0.25, 0.3) is 0 Å². The molecule has 2 unspecified atom stereocenters. The molecule has 0 heterocycles. The zero-order valence-corrected chi connectivity index (χ0v) is 22.3. The highest BCUT2D eigenvalue weighted by molar-refractivity contribution is 6.63. The Morgan fingerprint density at radius 3 is 1.59 bits per heavy atom. The summed E-state index contributed by atoms with van der Waals surface area (Å²) in [4.78, 5) is 22.1. The van der Waals surface area contributed by atoms with Gasteiger partial charge in [-0.05, 0) is 94.3 Å². The van der Waals surface area contributed by atoms with E-state index in [9.17, 15) is 9.59 Å². The van der Waals surface area contributed by atoms with Crippen LogP contribution in [0.2, 0.25) is 0 Å². The molecule has 4 heteroatoms. The third kappa shape index (κ3) is 6.50. The summed E-state index contributed by atoms with van der Waals surface area (Å²) in [5, 5.41) is 8.76. The smallest absolute Gasteiger partial charge is 0.306 e. The van der Waals surface area contributed by atoms with Crippen molar-refractivity contribution >= 4 is 22.8 Å². The minimum atomic E-state index is -0.708. The number of carboxylic acid groups (broad SMARTS) is 1. The van der Waals surface area contributed by atoms with Crippen LogP contribution in [0, 0.1) is 22.7 Å². The van der Waals surface area contributed by atoms with Gasteiger partial charge in [0.05, 0.1) is 5.92 Å². The Labute approximate surface area is 209 Å². The summed E-state index contributed by atoms with van der Waals surface area (Å²) < 4.78 is 0. The molecule has 0 amide bonds. The van der Waals surface area contributed by atoms with Gasteiger partial charge in [0, 0.05) is 5.92 Å². The number of fused-ring (bicyclic) bond motifs is 2. The van der Waals surface area contributed by atoms with Crippen molar-refractivity contribution < 1.29 is 14.7 Å². The minimum absolute atomic E-state index is 0.0909. The van der Waals surface area contributed by atoms with Gasteiger partial charge >= 0.3 is 5.97 Å². The van der Waals surface area contributed by atoms with E-state index in [1.807, 2.05) is 6.92 Å². The van der Waals surface area contributed by atoms with Crippen molar-refractivity contribution in [2.75, 3.05) is 0 Å². The van der Waals surface area contributed by atoms with E-state index in [1.165, 1.54) is 33.4 Å². The molecule has 34 heavy (non-hydrogen) atoms. The van der Waals surface area contributed by atoms with Gasteiger partial charge in [0.2, 0.25) is 5.24 Å². The van der Waals surface area contributed by atoms with Crippen molar-refractivity contribution in [2.45, 2.75) is 80.1 Å². The topological polar surface area (TPSA) is 54.4 Å². The highest BCUT2D eigenvalue weighted by Gasteiger charge is 2.31. The molecule has 0 aromatic heterocycles. The molecule has 0 radical (unpaired) electrons. The predicted molar refractivity (Wildman–Crippen MR) is 139 cm³/mol. The van der Waals surface area contributed by atoms with Crippen LogP contribution in [0.15, 0.2) is 36.4 Å². The lowest BCUT2D eigenvalue weighted by Gasteiger charge is -2.16. The largest absolute Gasteiger partial charge is 0.481 e. The molecule has 0 saturated carbocycles. The molecule has 0 fully saturated rings. The average Bonchev–Trinajstić information content (AvgIpc) is 3.22. The van der Waals surface area contributed by atoms with E-state index in [1.54, 1.807) is 6.92 Å². The number of hydrogen-bond acceptors (Lipinski definition) is 2. The van der Waals surface area contributed by atoms with Gasteiger partial charge in [-0.25, -0.2) is 0 Å². The fourth-order valence-electron chi connectivity index (χ4n) is 5.48. The molecule has 0 bridgehead atoms. The predicted octanol–water partition coefficient (Wildman–Crippen LogP) is 6.83. The third-order valence-corrected chi connectivity index (χ3v) is 7.62. The summed E-state index contributed by atoms with van der Waals surface area (Å²) >= 11 is 5.55. The molecule has 2 atom stereocenters. The van der Waals surface area contributed by atoms with Crippen molar-refractivity contribution in [1.82, 2.24) is 0 Å². The van der Waals surface area contributed by atoms with E-state index in [0.29, 0.717) is 17.3 Å². The van der Waals surface area contributed by atoms with Crippen molar-refractivity contribution in [2.24, 2.45) is 22.7 Å². The van der Waals surface area contributed by atoms with Gasteiger partial charge in [0.25, 0.3) is 0 Å². The molecule has 2 aliphatic carbocycles. The normalized spacial score (nSPS) is 18.8. The van der Waals surface area contributed by atoms with Crippen molar-refractivity contribution in [1.29, 1.82) is 0 Å². The maximum absolute atomic E-state index is 11.1. The van der Waals surface area contributed by atoms with Gasteiger partial charge in [-0.3, -0.25) is 9.59 Å². The molecule has 3 nitrogen and oxygen atoms in total. The Morgan fingerprint density at radius 1 is 0.794 bits per heavy atom. The van der Waals surface area contributed by atoms with Gasteiger partial charge in [0.15, 0.2) is 0 Å². The van der Waals surface area contributed by atoms with E-state index in [0.717, 1.165) is 32.1 Å². The highest BCUT2D eigenvalue weighted by atomic mass is 35.5. The fraction of sp³-hybridized carbons (Fsp3) is 0.533. The van der Waals surface area contributed by atoms with Crippen LogP contribution in [0.4, 0.5) is 0 Å². The zero-order valence-electron chi connectivity index (χ0n) is 21.5. The van der Waals surface area contributed by atoms with Crippen molar-refractivity contribution in [3.63, 3.8) is 0 Å². The molecular formula is C30H39ClO3. The monoisotopic (exact) mass is 482 g/mol. The van der Waals surface area contributed by atoms with Gasteiger partial charge in [0.1, 0.15) is 0 Å². The first-order chi connectivity index (χ1) is 15.8. The maximum atomic E-state index is 11.1. The Hall–Kier alpha value is -2.13. The van der Waals surface area contributed by atoms with Crippen LogP contribution in [0.5, 0.6) is 0 Å². The number of carbonyl (C=O) groups is 2. The molecule has 0 saturated heterocycles. The lowest BCUT2D eigenvalue weighted by Crippen LogP contribution is -2.14. The second-order valence-electron chi connectivity index (χ2n) is 12.0. The number of benzene rings is 2. The summed E-state index contributed by atoms with van der Waals surface area (Å²) in [7, 11) is 0. The average molecular weight is 483 g/mol. The first-order valence-corrected chi connectivity index (χ1v) is 12.8. The van der Waals surface area contributed by atoms with Gasteiger partial charge in [-0.2, -0.15) is 0 Å². The number of halogens is 1. The molecule has 0 aliphatic heterocycles. The standard InChI is InChI=1S/C15H19ClO.C15H20O2/c2*1-10(14(16)17)7-11-5-4-6-12-8-15(2,3)9-13(11)12/h4-6,10H,7-9H2,1-3H3;4-6,10H,7-9H2,1-3H3,(H,16,17). The number of rotatable bonds is 6. The Morgan fingerprint density at radius 2 is 1.21 bits per heavy atom. The second kappa shape index (κ2) is 10.2. The molecule has 2 aromatic carbocycles. The van der Waals surface area contributed by atoms with E-state index < -0.39 is 5.97 Å². The maximum Gasteiger partial charge on any atom is 0.306 e. The number of carboxylic acids is 1. The van der Waals surface area contributed by atoms with Crippen molar-refractivity contribution in [3.05, 3.63) is 69.8 Å². The van der Waals surface area contributed by atoms with Crippen LogP contribution in [0.1, 0.15) is 74.9 Å². The zero-order chi connectivity index (χ0) is 25.3. The minimum Gasteiger partial charge on any atom is -0.481 e. The summed E-state index contributed by atoms with van der Waals surface area (Å²) in [5.41, 5.74) is 8.90. The van der Waals surface area contributed by atoms with E-state index in [4.69, 9.17) is 16.7 Å². The first kappa shape index (κ1) is 26.5. The summed E-state index contributed by atoms with van der Waals surface area (Å²) in [6.07, 6.45) is 5.85. The lowest BCUT2D eigenvalue weighted by molar-refractivity contribution is -0.141. The van der Waals surface area contributed by atoms with Gasteiger partial charge in [-0.1, -0.05) is 77.9 Å². The summed E-state index contributed by atoms with van der Waals surface area (Å²) in [6, 6.07) is 12.8. The molecule has 184 valence electrons. The first-order valence-electron chi connectivity index (χ1n) is 12.4. The molecule has 1 N–H and O–H groups in total. The van der Waals surface area contributed by atoms with Crippen LogP contribution in [0.3, 0.4) is 0 Å². The highest BCUT2D eigenvalue weighted by Crippen LogP contribution is 2.39. The SMILES string of the molecule is CC(Cc1cccc2c1CC(C)(C)C2)C(=O)Cl.CC(Cc1cccc2c1CC(C)(C)C2)C(=O)O. The summed E-state index contributed by atoms with van der Waals surface area (Å²) in [6.45, 7) is 12.8. The lowest BCUT2D eigenvalue weighted by atomic mass is 9.89. The summed E-state index contributed by atoms with van der Waals surface area (Å²) in [5.74, 6) is -1.10. The van der Waals surface area contributed by atoms with Gasteiger partial charge < -0.3 is 5.11 Å². The quantitative estimate of drug-likeness (QED) is 0.459. The molecular weight excluding hydrogens is 444 g/mol. The van der Waals surface area contributed by atoms with Crippen LogP contribution in [-0.2, 0) is 48.1 Å². The van der Waals surface area contributed by atoms with E-state index in [2.05, 4.69) is 64.1 Å². The van der Waals surface area contributed by atoms with E-state index in [-0.39, 0.29) is 17.1 Å². The fourth-order valence-corrected chi connectivity index (χ4v) is 5.56. The molecule has 2 aliphatic rings. The van der Waals surface area contributed by atoms with E-state index >= 15 is 0 Å². The van der Waals surface area contributed by atoms with Crippen LogP contribution >= 0.6 is 11.6 Å². The van der Waals surface area contributed by atoms with Crippen LogP contribution < -0.4 is 0 Å². The Kier molecular flexibility index (Phi) is 7.97. The second-order valence-corrected chi connectivity index (χ2v) is 12.4. The number of hydrogen-bond donors (Lipinski definition) is 1. The molecule has 0 spiro atoms. The Balaban J connectivity index is 0.000000191. The van der Waals surface area contributed by atoms with Crippen LogP contribution in [-0.4, -0.2) is 16.3 Å². The number of aliphatic carboxylic acids is 1. The number of carbonyl (C=O) groups excluding carboxylic acids is 1.